The van der Waals surface area contributed by atoms with E-state index in [4.69, 9.17) is 27.6 Å². The number of hydrogen-bond acceptors (Lipinski definition) is 2. The molecule has 0 aromatic heterocycles. The third kappa shape index (κ3) is 8.05. The van der Waals surface area contributed by atoms with Gasteiger partial charge in [0, 0.05) is 0 Å². The standard InChI is InChI=1S/C14H14N2.Au.3ClH/c1-11-3-7-13(8-4-11)15-16-14-9-5-12(2)6-10-14;;;;/h3-10H,1-2H3;;3*1H/q;+3;;;/p-3. The molecule has 2 aromatic rings. The van der Waals surface area contributed by atoms with E-state index in [1.54, 1.807) is 0 Å². The Morgan fingerprint density at radius 1 is 0.650 bits per heavy atom. The van der Waals surface area contributed by atoms with Crippen molar-refractivity contribution in [3.63, 3.8) is 0 Å². The molecule has 0 bridgehead atoms. The fourth-order valence-corrected chi connectivity index (χ4v) is 1.34. The molecule has 0 fully saturated rings. The summed E-state index contributed by atoms with van der Waals surface area (Å²) in [6.45, 7) is 4.11. The van der Waals surface area contributed by atoms with Gasteiger partial charge in [0.1, 0.15) is 0 Å². The van der Waals surface area contributed by atoms with E-state index in [1.165, 1.54) is 11.1 Å². The van der Waals surface area contributed by atoms with E-state index >= 15 is 0 Å². The van der Waals surface area contributed by atoms with Gasteiger partial charge in [0.05, 0.1) is 11.4 Å². The summed E-state index contributed by atoms with van der Waals surface area (Å²) in [4.78, 5) is 0. The molecule has 20 heavy (non-hydrogen) atoms. The topological polar surface area (TPSA) is 24.7 Å². The molecular formula is C14H14AuCl3N2. The predicted molar refractivity (Wildman–Crippen MR) is 84.1 cm³/mol. The molecule has 2 aromatic carbocycles. The van der Waals surface area contributed by atoms with Gasteiger partial charge in [0.15, 0.2) is 0 Å². The van der Waals surface area contributed by atoms with E-state index < -0.39 is 15.2 Å². The Balaban J connectivity index is 0.000000444. The second-order valence-corrected chi connectivity index (χ2v) is 13.4. The van der Waals surface area contributed by atoms with Crippen LogP contribution < -0.4 is 0 Å². The fourth-order valence-electron chi connectivity index (χ4n) is 1.34. The van der Waals surface area contributed by atoms with Crippen LogP contribution in [0.3, 0.4) is 0 Å². The second-order valence-electron chi connectivity index (χ2n) is 4.00. The second kappa shape index (κ2) is 9.56. The molecule has 0 aliphatic heterocycles. The Hall–Kier alpha value is -0.350. The number of aryl methyl sites for hydroxylation is 2. The number of nitrogens with zero attached hydrogens (tertiary/aromatic N) is 2. The van der Waals surface area contributed by atoms with Crippen molar-refractivity contribution in [2.45, 2.75) is 13.8 Å². The van der Waals surface area contributed by atoms with Crippen LogP contribution in [0.15, 0.2) is 58.8 Å². The number of benzene rings is 2. The van der Waals surface area contributed by atoms with Gasteiger partial charge in [-0.15, -0.1) is 0 Å². The maximum atomic E-state index is 4.95. The molecule has 0 aliphatic carbocycles. The van der Waals surface area contributed by atoms with Gasteiger partial charge in [0.2, 0.25) is 0 Å². The van der Waals surface area contributed by atoms with E-state index in [1.807, 2.05) is 48.5 Å². The predicted octanol–water partition coefficient (Wildman–Crippen LogP) is 6.78. The van der Waals surface area contributed by atoms with Crippen molar-refractivity contribution in [1.82, 2.24) is 0 Å². The zero-order valence-corrected chi connectivity index (χ0v) is 15.4. The normalized spacial score (nSPS) is 10.9. The maximum absolute atomic E-state index is 4.95. The molecule has 0 saturated heterocycles. The minimum absolute atomic E-state index is 0.881. The van der Waals surface area contributed by atoms with Crippen LogP contribution >= 0.6 is 27.6 Å². The average molecular weight is 514 g/mol. The van der Waals surface area contributed by atoms with Gasteiger partial charge in [-0.1, -0.05) is 35.4 Å². The minimum atomic E-state index is -1.79. The van der Waals surface area contributed by atoms with Crippen molar-refractivity contribution >= 4 is 38.9 Å². The summed E-state index contributed by atoms with van der Waals surface area (Å²) in [5, 5.41) is 8.34. The van der Waals surface area contributed by atoms with Gasteiger partial charge in [-0.3, -0.25) is 0 Å². The summed E-state index contributed by atoms with van der Waals surface area (Å²) in [5.74, 6) is 0. The summed E-state index contributed by atoms with van der Waals surface area (Å²) in [7, 11) is 14.9. The van der Waals surface area contributed by atoms with Crippen LogP contribution in [0.4, 0.5) is 11.4 Å². The van der Waals surface area contributed by atoms with Crippen molar-refractivity contribution in [1.29, 1.82) is 0 Å². The summed E-state index contributed by atoms with van der Waals surface area (Å²) < 4.78 is 0. The van der Waals surface area contributed by atoms with Crippen LogP contribution in [-0.4, -0.2) is 0 Å². The fraction of sp³-hybridized carbons (Fsp3) is 0.143. The van der Waals surface area contributed by atoms with Crippen molar-refractivity contribution in [2.24, 2.45) is 10.2 Å². The Labute approximate surface area is 137 Å². The Bertz CT molecular complexity index is 489. The Kier molecular flexibility index (Phi) is 8.46. The first-order valence-corrected chi connectivity index (χ1v) is 13.7. The van der Waals surface area contributed by atoms with E-state index in [0.717, 1.165) is 11.4 Å². The van der Waals surface area contributed by atoms with Crippen molar-refractivity contribution < 1.29 is 15.2 Å². The quantitative estimate of drug-likeness (QED) is 0.312. The zero-order valence-electron chi connectivity index (χ0n) is 10.9. The van der Waals surface area contributed by atoms with Gasteiger partial charge >= 0.3 is 42.8 Å². The van der Waals surface area contributed by atoms with Gasteiger partial charge in [0.25, 0.3) is 0 Å². The summed E-state index contributed by atoms with van der Waals surface area (Å²) >= 11 is -1.79. The molecule has 6 heteroatoms. The number of halogens is 3. The van der Waals surface area contributed by atoms with E-state index in [0.29, 0.717) is 0 Å². The van der Waals surface area contributed by atoms with Crippen LogP contribution in [0.2, 0.25) is 0 Å². The molecule has 0 aliphatic rings. The number of hydrogen-bond donors (Lipinski definition) is 0. The van der Waals surface area contributed by atoms with Crippen LogP contribution in [0.25, 0.3) is 0 Å². The first kappa shape index (κ1) is 17.7. The van der Waals surface area contributed by atoms with Crippen molar-refractivity contribution in [3.8, 4) is 0 Å². The molecule has 0 radical (unpaired) electrons. The number of rotatable bonds is 2. The van der Waals surface area contributed by atoms with Crippen molar-refractivity contribution in [3.05, 3.63) is 59.7 Å². The van der Waals surface area contributed by atoms with Crippen LogP contribution in [0.1, 0.15) is 11.1 Å². The van der Waals surface area contributed by atoms with E-state index in [9.17, 15) is 0 Å². The molecule has 0 unspecified atom stereocenters. The van der Waals surface area contributed by atoms with Gasteiger partial charge < -0.3 is 0 Å². The molecule has 0 amide bonds. The van der Waals surface area contributed by atoms with Gasteiger partial charge in [-0.05, 0) is 38.1 Å². The molecule has 2 rings (SSSR count). The van der Waals surface area contributed by atoms with E-state index in [-0.39, 0.29) is 0 Å². The Morgan fingerprint density at radius 2 is 0.900 bits per heavy atom. The molecule has 2 nitrogen and oxygen atoms in total. The molecular weight excluding hydrogens is 499 g/mol. The summed E-state index contributed by atoms with van der Waals surface area (Å²) in [6, 6.07) is 16.0. The summed E-state index contributed by atoms with van der Waals surface area (Å²) in [6.07, 6.45) is 0. The molecule has 0 heterocycles. The molecule has 0 spiro atoms. The van der Waals surface area contributed by atoms with E-state index in [2.05, 4.69) is 24.1 Å². The Morgan fingerprint density at radius 3 is 1.15 bits per heavy atom. The monoisotopic (exact) mass is 512 g/mol. The molecule has 0 saturated carbocycles. The third-order valence-corrected chi connectivity index (χ3v) is 2.35. The van der Waals surface area contributed by atoms with Crippen LogP contribution in [-0.2, 0) is 15.2 Å². The van der Waals surface area contributed by atoms with Gasteiger partial charge in [-0.2, -0.15) is 10.2 Å². The molecule has 0 atom stereocenters. The number of azo groups is 1. The van der Waals surface area contributed by atoms with Crippen molar-refractivity contribution in [2.75, 3.05) is 0 Å². The van der Waals surface area contributed by atoms with Gasteiger partial charge in [-0.25, -0.2) is 0 Å². The zero-order chi connectivity index (χ0) is 15.0. The first-order chi connectivity index (χ1) is 9.47. The third-order valence-electron chi connectivity index (χ3n) is 2.35. The van der Waals surface area contributed by atoms with Crippen LogP contribution in [0, 0.1) is 13.8 Å². The summed E-state index contributed by atoms with van der Waals surface area (Å²) in [5.41, 5.74) is 4.22. The first-order valence-electron chi connectivity index (χ1n) is 5.63. The average Bonchev–Trinajstić information content (AvgIpc) is 2.39. The SMILES string of the molecule is Cc1ccc(N=Nc2ccc(C)cc2)cc1.[Cl][Au]([Cl])[Cl]. The molecule has 112 valence electrons. The van der Waals surface area contributed by atoms with Crippen LogP contribution in [0.5, 0.6) is 0 Å². The molecule has 0 N–H and O–H groups in total.